The maximum Gasteiger partial charge on any atom is 0.222 e. The van der Waals surface area contributed by atoms with Crippen molar-refractivity contribution in [2.75, 3.05) is 17.6 Å². The maximum absolute atomic E-state index is 5.77. The molecule has 8 nitrogen and oxygen atoms in total. The number of hydrogen-bond acceptors (Lipinski definition) is 7. The highest BCUT2D eigenvalue weighted by Gasteiger charge is 2.12. The molecular formula is C14H19N7O. The Hall–Kier alpha value is -2.64. The summed E-state index contributed by atoms with van der Waals surface area (Å²) < 4.78 is 6.72. The topological polar surface area (TPSA) is 108 Å². The van der Waals surface area contributed by atoms with Crippen molar-refractivity contribution >= 4 is 22.8 Å². The summed E-state index contributed by atoms with van der Waals surface area (Å²) >= 11 is 0. The van der Waals surface area contributed by atoms with Gasteiger partial charge in [0.15, 0.2) is 11.3 Å². The fraction of sp³-hybridized carbons (Fsp3) is 0.429. The number of hydrogen-bond donors (Lipinski definition) is 2. The highest BCUT2D eigenvalue weighted by Crippen LogP contribution is 2.20. The lowest BCUT2D eigenvalue weighted by Gasteiger charge is -2.05. The van der Waals surface area contributed by atoms with Crippen LogP contribution in [-0.2, 0) is 6.54 Å². The van der Waals surface area contributed by atoms with E-state index in [-0.39, 0.29) is 5.95 Å². The van der Waals surface area contributed by atoms with Gasteiger partial charge in [-0.3, -0.25) is 4.68 Å². The molecule has 0 aliphatic heterocycles. The zero-order valence-corrected chi connectivity index (χ0v) is 12.7. The van der Waals surface area contributed by atoms with Crippen LogP contribution in [0.5, 0.6) is 0 Å². The van der Waals surface area contributed by atoms with E-state index in [1.807, 2.05) is 13.1 Å². The number of aryl methyl sites for hydroxylation is 1. The summed E-state index contributed by atoms with van der Waals surface area (Å²) in [5.74, 6) is 0.912. The van der Waals surface area contributed by atoms with Gasteiger partial charge in [0.2, 0.25) is 5.95 Å². The van der Waals surface area contributed by atoms with Crippen molar-refractivity contribution in [3.8, 4) is 0 Å². The van der Waals surface area contributed by atoms with Gasteiger partial charge in [0.25, 0.3) is 0 Å². The summed E-state index contributed by atoms with van der Waals surface area (Å²) in [7, 11) is 0. The van der Waals surface area contributed by atoms with E-state index in [4.69, 9.17) is 10.3 Å². The van der Waals surface area contributed by atoms with Gasteiger partial charge in [-0.2, -0.15) is 10.1 Å². The molecule has 0 amide bonds. The molecule has 0 saturated carbocycles. The number of unbranched alkanes of at least 4 members (excludes halogenated alkanes) is 1. The van der Waals surface area contributed by atoms with Gasteiger partial charge in [0, 0.05) is 12.1 Å². The molecule has 0 unspecified atom stereocenters. The summed E-state index contributed by atoms with van der Waals surface area (Å²) in [6, 6.07) is 0. The lowest BCUT2D eigenvalue weighted by atomic mass is 10.3. The summed E-state index contributed by atoms with van der Waals surface area (Å²) in [5.41, 5.74) is 9.04. The Bertz CT molecular complexity index is 777. The smallest absolute Gasteiger partial charge is 0.222 e. The van der Waals surface area contributed by atoms with E-state index in [1.165, 1.54) is 0 Å². The van der Waals surface area contributed by atoms with Crippen molar-refractivity contribution in [2.24, 2.45) is 0 Å². The molecule has 22 heavy (non-hydrogen) atoms. The van der Waals surface area contributed by atoms with Crippen molar-refractivity contribution in [1.29, 1.82) is 0 Å². The minimum absolute atomic E-state index is 0.240. The third kappa shape index (κ3) is 2.85. The molecule has 3 N–H and O–H groups in total. The van der Waals surface area contributed by atoms with E-state index in [9.17, 15) is 0 Å². The van der Waals surface area contributed by atoms with Gasteiger partial charge >= 0.3 is 0 Å². The van der Waals surface area contributed by atoms with Crippen LogP contribution in [0.25, 0.3) is 11.0 Å². The molecule has 0 fully saturated rings. The Balaban J connectivity index is 1.91. The van der Waals surface area contributed by atoms with Crippen LogP contribution < -0.4 is 11.1 Å². The molecule has 0 radical (unpaired) electrons. The Kier molecular flexibility index (Phi) is 3.90. The Morgan fingerprint density at radius 3 is 2.95 bits per heavy atom. The van der Waals surface area contributed by atoms with Crippen molar-refractivity contribution in [3.63, 3.8) is 0 Å². The normalized spacial score (nSPS) is 11.2. The molecule has 0 atom stereocenters. The Morgan fingerprint density at radius 1 is 1.36 bits per heavy atom. The zero-order chi connectivity index (χ0) is 15.5. The number of anilines is 2. The maximum atomic E-state index is 5.77. The summed E-state index contributed by atoms with van der Waals surface area (Å²) in [5, 5.41) is 11.8. The number of rotatable bonds is 6. The molecule has 3 heterocycles. The highest BCUT2D eigenvalue weighted by molar-refractivity contribution is 5.85. The largest absolute Gasteiger partial charge is 0.368 e. The van der Waals surface area contributed by atoms with Crippen LogP contribution in [0.15, 0.2) is 17.0 Å². The van der Waals surface area contributed by atoms with Crippen LogP contribution in [0, 0.1) is 6.92 Å². The molecule has 3 rings (SSSR count). The summed E-state index contributed by atoms with van der Waals surface area (Å²) in [6.45, 7) is 5.44. The third-order valence-electron chi connectivity index (χ3n) is 3.41. The van der Waals surface area contributed by atoms with Gasteiger partial charge in [-0.25, -0.2) is 4.98 Å². The van der Waals surface area contributed by atoms with E-state index in [2.05, 4.69) is 32.5 Å². The molecule has 0 saturated heterocycles. The van der Waals surface area contributed by atoms with Crippen LogP contribution in [0.4, 0.5) is 11.8 Å². The van der Waals surface area contributed by atoms with Crippen LogP contribution in [-0.4, -0.2) is 31.4 Å². The molecule has 3 aromatic rings. The first kappa shape index (κ1) is 14.3. The molecule has 0 aliphatic rings. The first-order chi connectivity index (χ1) is 10.7. The second-order valence-corrected chi connectivity index (χ2v) is 5.22. The standard InChI is InChI=1S/C14H19N7O/c1-3-4-5-16-13-12-11(17-14(15)18-13)7-21(19-12)6-10-9(2)8-22-20-10/h7-8H,3-6H2,1-2H3,(H3,15,16,17,18). The van der Waals surface area contributed by atoms with E-state index in [0.717, 1.165) is 30.6 Å². The fourth-order valence-corrected chi connectivity index (χ4v) is 2.18. The average molecular weight is 301 g/mol. The van der Waals surface area contributed by atoms with Crippen LogP contribution in [0.1, 0.15) is 31.0 Å². The van der Waals surface area contributed by atoms with E-state index in [0.29, 0.717) is 23.4 Å². The zero-order valence-electron chi connectivity index (χ0n) is 12.7. The number of aromatic nitrogens is 5. The number of nitrogen functional groups attached to an aromatic ring is 1. The van der Waals surface area contributed by atoms with Gasteiger partial charge < -0.3 is 15.6 Å². The lowest BCUT2D eigenvalue weighted by molar-refractivity contribution is 0.408. The quantitative estimate of drug-likeness (QED) is 0.670. The summed E-state index contributed by atoms with van der Waals surface area (Å²) in [4.78, 5) is 8.48. The van der Waals surface area contributed by atoms with E-state index in [1.54, 1.807) is 10.9 Å². The number of nitrogens with two attached hydrogens (primary N) is 1. The van der Waals surface area contributed by atoms with Crippen molar-refractivity contribution < 1.29 is 4.52 Å². The van der Waals surface area contributed by atoms with Gasteiger partial charge in [0.1, 0.15) is 17.5 Å². The first-order valence-corrected chi connectivity index (χ1v) is 7.31. The first-order valence-electron chi connectivity index (χ1n) is 7.31. The predicted molar refractivity (Wildman–Crippen MR) is 83.5 cm³/mol. The van der Waals surface area contributed by atoms with Gasteiger partial charge in [-0.1, -0.05) is 18.5 Å². The number of nitrogens with zero attached hydrogens (tertiary/aromatic N) is 5. The van der Waals surface area contributed by atoms with Crippen molar-refractivity contribution in [1.82, 2.24) is 24.9 Å². The molecular weight excluding hydrogens is 282 g/mol. The molecule has 0 bridgehead atoms. The van der Waals surface area contributed by atoms with E-state index >= 15 is 0 Å². The monoisotopic (exact) mass is 301 g/mol. The number of fused-ring (bicyclic) bond motifs is 1. The van der Waals surface area contributed by atoms with Crippen LogP contribution in [0.3, 0.4) is 0 Å². The highest BCUT2D eigenvalue weighted by atomic mass is 16.5. The predicted octanol–water partition coefficient (Wildman–Crippen LogP) is 1.97. The molecule has 3 aromatic heterocycles. The Morgan fingerprint density at radius 2 is 2.23 bits per heavy atom. The molecule has 0 spiro atoms. The SMILES string of the molecule is CCCCNc1nc(N)nc2cn(Cc3nocc3C)nc12. The van der Waals surface area contributed by atoms with Gasteiger partial charge in [-0.05, 0) is 13.3 Å². The van der Waals surface area contributed by atoms with Gasteiger partial charge in [0.05, 0.1) is 12.7 Å². The molecule has 0 aromatic carbocycles. The third-order valence-corrected chi connectivity index (χ3v) is 3.41. The minimum Gasteiger partial charge on any atom is -0.368 e. The fourth-order valence-electron chi connectivity index (χ4n) is 2.18. The second-order valence-electron chi connectivity index (χ2n) is 5.22. The molecule has 116 valence electrons. The van der Waals surface area contributed by atoms with Crippen molar-refractivity contribution in [3.05, 3.63) is 23.7 Å². The Labute approximate surface area is 127 Å². The average Bonchev–Trinajstić information content (AvgIpc) is 3.06. The summed E-state index contributed by atoms with van der Waals surface area (Å²) in [6.07, 6.45) is 5.63. The lowest BCUT2D eigenvalue weighted by Crippen LogP contribution is -2.06. The van der Waals surface area contributed by atoms with E-state index < -0.39 is 0 Å². The number of nitrogens with one attached hydrogen (secondary N) is 1. The molecule has 8 heteroatoms. The van der Waals surface area contributed by atoms with Crippen LogP contribution >= 0.6 is 0 Å². The minimum atomic E-state index is 0.240. The van der Waals surface area contributed by atoms with Gasteiger partial charge in [-0.15, -0.1) is 0 Å². The molecule has 0 aliphatic carbocycles. The van der Waals surface area contributed by atoms with Crippen molar-refractivity contribution in [2.45, 2.75) is 33.2 Å². The van der Waals surface area contributed by atoms with Crippen LogP contribution in [0.2, 0.25) is 0 Å². The second kappa shape index (κ2) is 6.00.